The average molecular weight is 372 g/mol. The Labute approximate surface area is 113 Å². The topological polar surface area (TPSA) is 9.23 Å². The highest BCUT2D eigenvalue weighted by Crippen LogP contribution is 2.56. The van der Waals surface area contributed by atoms with Gasteiger partial charge in [-0.1, -0.05) is 37.9 Å². The quantitative estimate of drug-likeness (QED) is 0.616. The molecule has 0 N–H and O–H groups in total. The molecule has 92 valence electrons. The predicted octanol–water partition coefficient (Wildman–Crippen LogP) is 4.36. The van der Waals surface area contributed by atoms with Gasteiger partial charge in [-0.25, -0.2) is 0 Å². The average Bonchev–Trinajstić information content (AvgIpc) is 2.76. The lowest BCUT2D eigenvalue weighted by atomic mass is 9.90. The van der Waals surface area contributed by atoms with Gasteiger partial charge in [0.15, 0.2) is 0 Å². The number of fused-ring (bicyclic) bond motifs is 5. The zero-order valence-corrected chi connectivity index (χ0v) is 11.5. The van der Waals surface area contributed by atoms with Crippen molar-refractivity contribution >= 4 is 31.9 Å². The normalized spacial score (nSPS) is 35.1. The molecule has 17 heavy (non-hydrogen) atoms. The molecule has 1 nitrogen and oxygen atoms in total. The lowest BCUT2D eigenvalue weighted by molar-refractivity contribution is -0.137. The third kappa shape index (κ3) is 1.68. The molecule has 3 rings (SSSR count). The van der Waals surface area contributed by atoms with Gasteiger partial charge >= 0.3 is 6.18 Å². The number of rotatable bonds is 0. The van der Waals surface area contributed by atoms with Crippen LogP contribution in [0.25, 0.3) is 0 Å². The SMILES string of the molecule is FC(F)(F)c1ccc2c(c1)[C@H]1O[C@@H]2[C@H](Br)[C@@H]1Br. The molecule has 1 aromatic rings. The van der Waals surface area contributed by atoms with Crippen molar-refractivity contribution in [3.05, 3.63) is 34.9 Å². The van der Waals surface area contributed by atoms with E-state index in [1.165, 1.54) is 12.1 Å². The van der Waals surface area contributed by atoms with Gasteiger partial charge < -0.3 is 4.74 Å². The van der Waals surface area contributed by atoms with E-state index in [4.69, 9.17) is 4.74 Å². The lowest BCUT2D eigenvalue weighted by Gasteiger charge is -2.22. The molecule has 0 aromatic heterocycles. The molecule has 2 heterocycles. The van der Waals surface area contributed by atoms with E-state index >= 15 is 0 Å². The van der Waals surface area contributed by atoms with Crippen LogP contribution < -0.4 is 0 Å². The zero-order chi connectivity index (χ0) is 12.4. The Bertz CT molecular complexity index is 474. The van der Waals surface area contributed by atoms with E-state index in [1.807, 2.05) is 0 Å². The summed E-state index contributed by atoms with van der Waals surface area (Å²) in [4.78, 5) is 0.125. The maximum absolute atomic E-state index is 12.6. The lowest BCUT2D eigenvalue weighted by Crippen LogP contribution is -2.22. The molecule has 0 unspecified atom stereocenters. The third-order valence-corrected chi connectivity index (χ3v) is 6.01. The minimum Gasteiger partial charge on any atom is -0.363 e. The fourth-order valence-electron chi connectivity index (χ4n) is 2.39. The highest BCUT2D eigenvalue weighted by Gasteiger charge is 2.51. The number of hydrogen-bond acceptors (Lipinski definition) is 1. The summed E-state index contributed by atoms with van der Waals surface area (Å²) in [6.07, 6.45) is -4.74. The largest absolute Gasteiger partial charge is 0.416 e. The van der Waals surface area contributed by atoms with Crippen molar-refractivity contribution < 1.29 is 17.9 Å². The smallest absolute Gasteiger partial charge is 0.363 e. The molecule has 0 aliphatic carbocycles. The first-order valence-electron chi connectivity index (χ1n) is 5.04. The standard InChI is InChI=1S/C11H7Br2F3O/c12-7-8(13)10-6-3-4(11(14,15)16)1-2-5(6)9(7)17-10/h1-3,7-10H/t7-,8+,9+,10-/m1/s1. The van der Waals surface area contributed by atoms with Crippen LogP contribution in [0.4, 0.5) is 13.2 Å². The minimum atomic E-state index is -4.30. The van der Waals surface area contributed by atoms with E-state index in [2.05, 4.69) is 31.9 Å². The van der Waals surface area contributed by atoms with E-state index in [9.17, 15) is 13.2 Å². The van der Waals surface area contributed by atoms with Crippen LogP contribution in [-0.2, 0) is 10.9 Å². The summed E-state index contributed by atoms with van der Waals surface area (Å²) in [6.45, 7) is 0. The van der Waals surface area contributed by atoms with Gasteiger partial charge in [0.25, 0.3) is 0 Å². The Kier molecular flexibility index (Phi) is 2.62. The van der Waals surface area contributed by atoms with E-state index in [1.54, 1.807) is 0 Å². The first kappa shape index (κ1) is 12.0. The molecule has 6 heteroatoms. The van der Waals surface area contributed by atoms with Crippen LogP contribution in [0.3, 0.4) is 0 Å². The predicted molar refractivity (Wildman–Crippen MR) is 63.4 cm³/mol. The summed E-state index contributed by atoms with van der Waals surface area (Å²) in [5.74, 6) is 0. The molecule has 2 bridgehead atoms. The van der Waals surface area contributed by atoms with Crippen LogP contribution in [0.2, 0.25) is 0 Å². The molecule has 4 atom stereocenters. The van der Waals surface area contributed by atoms with Gasteiger partial charge in [-0.05, 0) is 23.3 Å². The summed E-state index contributed by atoms with van der Waals surface area (Å²) in [6, 6.07) is 3.84. The summed E-state index contributed by atoms with van der Waals surface area (Å²) < 4.78 is 43.5. The van der Waals surface area contributed by atoms with Crippen molar-refractivity contribution in [3.63, 3.8) is 0 Å². The first-order valence-corrected chi connectivity index (χ1v) is 6.87. The van der Waals surface area contributed by atoms with Gasteiger partial charge in [0.05, 0.1) is 27.4 Å². The van der Waals surface area contributed by atoms with Crippen molar-refractivity contribution in [1.29, 1.82) is 0 Å². The summed E-state index contributed by atoms with van der Waals surface area (Å²) in [7, 11) is 0. The van der Waals surface area contributed by atoms with Crippen molar-refractivity contribution in [2.24, 2.45) is 0 Å². The van der Waals surface area contributed by atoms with Gasteiger partial charge in [0.1, 0.15) is 0 Å². The van der Waals surface area contributed by atoms with Crippen molar-refractivity contribution in [3.8, 4) is 0 Å². The second-order valence-corrected chi connectivity index (χ2v) is 6.32. The summed E-state index contributed by atoms with van der Waals surface area (Å²) in [5.41, 5.74) is 0.904. The molecule has 1 fully saturated rings. The monoisotopic (exact) mass is 370 g/mol. The summed E-state index contributed by atoms with van der Waals surface area (Å²) in [5, 5.41) is 0. The molecule has 1 aromatic carbocycles. The number of halogens is 5. The van der Waals surface area contributed by atoms with E-state index in [-0.39, 0.29) is 21.9 Å². The van der Waals surface area contributed by atoms with Gasteiger partial charge in [-0.3, -0.25) is 0 Å². The van der Waals surface area contributed by atoms with Crippen LogP contribution in [0, 0.1) is 0 Å². The van der Waals surface area contributed by atoms with Crippen LogP contribution in [-0.4, -0.2) is 9.65 Å². The zero-order valence-electron chi connectivity index (χ0n) is 8.34. The van der Waals surface area contributed by atoms with Gasteiger partial charge in [-0.2, -0.15) is 13.2 Å². The molecule has 0 radical (unpaired) electrons. The third-order valence-electron chi connectivity index (χ3n) is 3.20. The van der Waals surface area contributed by atoms with Gasteiger partial charge in [0, 0.05) is 0 Å². The highest BCUT2D eigenvalue weighted by atomic mass is 79.9. The molecule has 0 saturated carbocycles. The van der Waals surface area contributed by atoms with Gasteiger partial charge in [0.2, 0.25) is 0 Å². The molecule has 2 aliphatic rings. The Balaban J connectivity index is 2.08. The van der Waals surface area contributed by atoms with Crippen LogP contribution >= 0.6 is 31.9 Å². The van der Waals surface area contributed by atoms with Crippen molar-refractivity contribution in [1.82, 2.24) is 0 Å². The van der Waals surface area contributed by atoms with Crippen LogP contribution in [0.5, 0.6) is 0 Å². The van der Waals surface area contributed by atoms with Crippen LogP contribution in [0.15, 0.2) is 18.2 Å². The maximum Gasteiger partial charge on any atom is 0.416 e. The number of benzene rings is 1. The Morgan fingerprint density at radius 2 is 1.59 bits per heavy atom. The van der Waals surface area contributed by atoms with E-state index in [0.717, 1.165) is 11.6 Å². The van der Waals surface area contributed by atoms with Crippen molar-refractivity contribution in [2.75, 3.05) is 0 Å². The second-order valence-electron chi connectivity index (χ2n) is 4.21. The molecular weight excluding hydrogens is 365 g/mol. The second kappa shape index (κ2) is 3.71. The summed E-state index contributed by atoms with van der Waals surface area (Å²) >= 11 is 6.95. The Morgan fingerprint density at radius 3 is 2.18 bits per heavy atom. The van der Waals surface area contributed by atoms with Crippen LogP contribution in [0.1, 0.15) is 28.9 Å². The molecule has 0 spiro atoms. The highest BCUT2D eigenvalue weighted by molar-refractivity contribution is 9.12. The molecule has 0 amide bonds. The Morgan fingerprint density at radius 1 is 1.00 bits per heavy atom. The molecule has 2 aliphatic heterocycles. The minimum absolute atomic E-state index is 0.0171. The molecule has 1 saturated heterocycles. The van der Waals surface area contributed by atoms with Crippen molar-refractivity contribution in [2.45, 2.75) is 28.0 Å². The number of ether oxygens (including phenoxy) is 1. The van der Waals surface area contributed by atoms with E-state index in [0.29, 0.717) is 5.56 Å². The van der Waals surface area contributed by atoms with Gasteiger partial charge in [-0.15, -0.1) is 0 Å². The first-order chi connectivity index (χ1) is 7.89. The Hall–Kier alpha value is -0.0700. The maximum atomic E-state index is 12.6. The fourth-order valence-corrected chi connectivity index (χ4v) is 3.76. The number of alkyl halides is 5. The molecular formula is C11H7Br2F3O. The van der Waals surface area contributed by atoms with E-state index < -0.39 is 11.7 Å². The number of hydrogen-bond donors (Lipinski definition) is 0. The fraction of sp³-hybridized carbons (Fsp3) is 0.455.